The van der Waals surface area contributed by atoms with Crippen molar-refractivity contribution in [2.24, 2.45) is 11.7 Å². The number of piperidine rings is 1. The predicted octanol–water partition coefficient (Wildman–Crippen LogP) is 1.89. The molecule has 3 N–H and O–H groups in total. The molecule has 0 radical (unpaired) electrons. The van der Waals surface area contributed by atoms with E-state index in [0.29, 0.717) is 37.1 Å². The largest absolute Gasteiger partial charge is 0.389 e. The molecule has 1 aromatic carbocycles. The summed E-state index contributed by atoms with van der Waals surface area (Å²) in [5, 5.41) is 9.82. The van der Waals surface area contributed by atoms with Crippen molar-refractivity contribution in [2.45, 2.75) is 32.8 Å². The first-order valence-corrected chi connectivity index (χ1v) is 6.92. The summed E-state index contributed by atoms with van der Waals surface area (Å²) in [6.45, 7) is 4.72. The fourth-order valence-corrected chi connectivity index (χ4v) is 2.70. The lowest BCUT2D eigenvalue weighted by atomic mass is 9.94. The van der Waals surface area contributed by atoms with Gasteiger partial charge in [0.05, 0.1) is 6.10 Å². The number of hydrogen-bond donors (Lipinski definition) is 2. The summed E-state index contributed by atoms with van der Waals surface area (Å²) in [7, 11) is 0. The molecule has 2 rings (SSSR count). The molecule has 0 aromatic heterocycles. The average Bonchev–Trinajstić information content (AvgIpc) is 2.41. The zero-order valence-corrected chi connectivity index (χ0v) is 11.9. The molecule has 20 heavy (non-hydrogen) atoms. The Morgan fingerprint density at radius 3 is 2.55 bits per heavy atom. The Kier molecular flexibility index (Phi) is 4.28. The molecule has 1 saturated heterocycles. The first-order valence-electron chi connectivity index (χ1n) is 6.92. The van der Waals surface area contributed by atoms with E-state index in [1.54, 1.807) is 19.9 Å². The van der Waals surface area contributed by atoms with Gasteiger partial charge in [-0.1, -0.05) is 0 Å². The molecule has 1 amide bonds. The number of carbonyl (C=O) groups excluding carboxylic acids is 1. The molecule has 0 aliphatic carbocycles. The second-order valence-electron chi connectivity index (χ2n) is 5.50. The third-order valence-electron chi connectivity index (χ3n) is 4.00. The Labute approximate surface area is 118 Å². The minimum Gasteiger partial charge on any atom is -0.389 e. The molecule has 4 nitrogen and oxygen atoms in total. The van der Waals surface area contributed by atoms with E-state index in [1.807, 2.05) is 0 Å². The predicted molar refractivity (Wildman–Crippen MR) is 75.9 cm³/mol. The smallest absolute Gasteiger partial charge is 0.220 e. The van der Waals surface area contributed by atoms with E-state index >= 15 is 0 Å². The highest BCUT2D eigenvalue weighted by atomic mass is 19.1. The number of hydrogen-bond acceptors (Lipinski definition) is 3. The number of halogens is 1. The number of benzene rings is 1. The SMILES string of the molecule is Cc1cc(N2CCC(C(N)=O)CC2)c([C@@H](C)O)cc1F. The van der Waals surface area contributed by atoms with Crippen LogP contribution in [0.4, 0.5) is 10.1 Å². The van der Waals surface area contributed by atoms with E-state index in [0.717, 1.165) is 5.69 Å². The number of rotatable bonds is 3. The van der Waals surface area contributed by atoms with Gasteiger partial charge in [0, 0.05) is 30.3 Å². The van der Waals surface area contributed by atoms with Crippen LogP contribution in [-0.4, -0.2) is 24.1 Å². The third-order valence-corrected chi connectivity index (χ3v) is 4.00. The average molecular weight is 280 g/mol. The van der Waals surface area contributed by atoms with Crippen LogP contribution in [0.5, 0.6) is 0 Å². The van der Waals surface area contributed by atoms with Crippen molar-refractivity contribution in [1.29, 1.82) is 0 Å². The van der Waals surface area contributed by atoms with Gasteiger partial charge in [-0.25, -0.2) is 4.39 Å². The number of aliphatic hydroxyl groups is 1. The molecule has 0 spiro atoms. The normalized spacial score (nSPS) is 18.1. The summed E-state index contributed by atoms with van der Waals surface area (Å²) in [6.07, 6.45) is 0.671. The maximum Gasteiger partial charge on any atom is 0.220 e. The number of amides is 1. The zero-order valence-electron chi connectivity index (χ0n) is 11.9. The van der Waals surface area contributed by atoms with Gasteiger partial charge in [-0.2, -0.15) is 0 Å². The molecule has 0 saturated carbocycles. The highest BCUT2D eigenvalue weighted by Crippen LogP contribution is 2.32. The van der Waals surface area contributed by atoms with Crippen molar-refractivity contribution in [3.05, 3.63) is 29.1 Å². The molecule has 1 aliphatic heterocycles. The number of aryl methyl sites for hydroxylation is 1. The van der Waals surface area contributed by atoms with Crippen LogP contribution in [-0.2, 0) is 4.79 Å². The van der Waals surface area contributed by atoms with Gasteiger partial charge < -0.3 is 15.7 Å². The van der Waals surface area contributed by atoms with Crippen LogP contribution in [0.25, 0.3) is 0 Å². The van der Waals surface area contributed by atoms with Crippen LogP contribution in [0.1, 0.15) is 37.0 Å². The van der Waals surface area contributed by atoms with Crippen LogP contribution in [0.2, 0.25) is 0 Å². The summed E-state index contributed by atoms with van der Waals surface area (Å²) < 4.78 is 13.7. The van der Waals surface area contributed by atoms with E-state index in [2.05, 4.69) is 4.90 Å². The Morgan fingerprint density at radius 1 is 1.45 bits per heavy atom. The van der Waals surface area contributed by atoms with Crippen molar-refractivity contribution in [3.63, 3.8) is 0 Å². The topological polar surface area (TPSA) is 66.6 Å². The van der Waals surface area contributed by atoms with Gasteiger partial charge in [0.1, 0.15) is 5.82 Å². The van der Waals surface area contributed by atoms with E-state index in [1.165, 1.54) is 6.07 Å². The minimum atomic E-state index is -0.728. The van der Waals surface area contributed by atoms with Gasteiger partial charge in [-0.05, 0) is 44.4 Å². The number of primary amides is 1. The van der Waals surface area contributed by atoms with Crippen LogP contribution in [0, 0.1) is 18.7 Å². The summed E-state index contributed by atoms with van der Waals surface area (Å²) in [5.41, 5.74) is 7.32. The molecule has 1 fully saturated rings. The first kappa shape index (κ1) is 14.8. The lowest BCUT2D eigenvalue weighted by Crippen LogP contribution is -2.39. The van der Waals surface area contributed by atoms with Gasteiger partial charge in [-0.15, -0.1) is 0 Å². The number of anilines is 1. The van der Waals surface area contributed by atoms with Crippen molar-refractivity contribution < 1.29 is 14.3 Å². The van der Waals surface area contributed by atoms with E-state index < -0.39 is 6.10 Å². The Morgan fingerprint density at radius 2 is 2.05 bits per heavy atom. The second kappa shape index (κ2) is 5.79. The van der Waals surface area contributed by atoms with Crippen molar-refractivity contribution in [1.82, 2.24) is 0 Å². The van der Waals surface area contributed by atoms with Gasteiger partial charge in [0.15, 0.2) is 0 Å². The maximum absolute atomic E-state index is 13.7. The molecule has 1 aliphatic rings. The Hall–Kier alpha value is -1.62. The van der Waals surface area contributed by atoms with Gasteiger partial charge >= 0.3 is 0 Å². The minimum absolute atomic E-state index is 0.0807. The van der Waals surface area contributed by atoms with Crippen molar-refractivity contribution in [2.75, 3.05) is 18.0 Å². The summed E-state index contributed by atoms with van der Waals surface area (Å²) in [6, 6.07) is 3.16. The van der Waals surface area contributed by atoms with Gasteiger partial charge in [-0.3, -0.25) is 4.79 Å². The molecule has 1 atom stereocenters. The maximum atomic E-state index is 13.7. The fourth-order valence-electron chi connectivity index (χ4n) is 2.70. The lowest BCUT2D eigenvalue weighted by molar-refractivity contribution is -0.122. The Balaban J connectivity index is 2.25. The van der Waals surface area contributed by atoms with Crippen LogP contribution in [0.15, 0.2) is 12.1 Å². The summed E-state index contributed by atoms with van der Waals surface area (Å²) in [4.78, 5) is 13.3. The quantitative estimate of drug-likeness (QED) is 0.888. The lowest BCUT2D eigenvalue weighted by Gasteiger charge is -2.34. The van der Waals surface area contributed by atoms with Crippen molar-refractivity contribution in [3.8, 4) is 0 Å². The highest BCUT2D eigenvalue weighted by Gasteiger charge is 2.25. The molecule has 1 heterocycles. The Bertz CT molecular complexity index is 509. The molecule has 0 unspecified atom stereocenters. The molecular formula is C15H21FN2O2. The fraction of sp³-hybridized carbons (Fsp3) is 0.533. The molecule has 110 valence electrons. The van der Waals surface area contributed by atoms with E-state index in [4.69, 9.17) is 5.73 Å². The summed E-state index contributed by atoms with van der Waals surface area (Å²) >= 11 is 0. The molecular weight excluding hydrogens is 259 g/mol. The van der Waals surface area contributed by atoms with E-state index in [-0.39, 0.29) is 17.6 Å². The molecule has 0 bridgehead atoms. The van der Waals surface area contributed by atoms with Crippen LogP contribution >= 0.6 is 0 Å². The van der Waals surface area contributed by atoms with Gasteiger partial charge in [0.25, 0.3) is 0 Å². The number of aliphatic hydroxyl groups excluding tert-OH is 1. The number of carbonyl (C=O) groups is 1. The standard InChI is InChI=1S/C15H21FN2O2/c1-9-7-14(12(10(2)19)8-13(9)16)18-5-3-11(4-6-18)15(17)20/h7-8,10-11,19H,3-6H2,1-2H3,(H2,17,20)/t10-/m1/s1. The zero-order chi connectivity index (χ0) is 14.9. The van der Waals surface area contributed by atoms with E-state index in [9.17, 15) is 14.3 Å². The number of nitrogens with zero attached hydrogens (tertiary/aromatic N) is 1. The molecule has 1 aromatic rings. The van der Waals surface area contributed by atoms with Crippen LogP contribution < -0.4 is 10.6 Å². The van der Waals surface area contributed by atoms with Gasteiger partial charge in [0.2, 0.25) is 5.91 Å². The monoisotopic (exact) mass is 280 g/mol. The second-order valence-corrected chi connectivity index (χ2v) is 5.50. The molecule has 5 heteroatoms. The van der Waals surface area contributed by atoms with Crippen LogP contribution in [0.3, 0.4) is 0 Å². The summed E-state index contributed by atoms with van der Waals surface area (Å²) in [5.74, 6) is -0.643. The highest BCUT2D eigenvalue weighted by molar-refractivity contribution is 5.77. The first-order chi connectivity index (χ1) is 9.40. The van der Waals surface area contributed by atoms with Crippen molar-refractivity contribution >= 4 is 11.6 Å². The number of nitrogens with two attached hydrogens (primary N) is 1. The third kappa shape index (κ3) is 2.93.